The number of hydrogen-bond acceptors (Lipinski definition) is 5. The Morgan fingerprint density at radius 2 is 1.43 bits per heavy atom. The molecule has 2 saturated carbocycles. The van der Waals surface area contributed by atoms with E-state index in [-0.39, 0.29) is 21.1 Å². The minimum Gasteiger partial charge on any atom is -0.413 e. The van der Waals surface area contributed by atoms with Crippen LogP contribution < -0.4 is 0 Å². The fourth-order valence-corrected chi connectivity index (χ4v) is 13.3. The Hall–Kier alpha value is 0.191. The summed E-state index contributed by atoms with van der Waals surface area (Å²) in [6.07, 6.45) is 9.10. The van der Waals surface area contributed by atoms with E-state index < -0.39 is 30.6 Å². The summed E-state index contributed by atoms with van der Waals surface area (Å²) in [5, 5.41) is 13.2. The number of thiophene rings is 1. The van der Waals surface area contributed by atoms with Crippen LogP contribution in [0.15, 0.2) is 6.07 Å². The summed E-state index contributed by atoms with van der Waals surface area (Å²) < 4.78 is 20.1. The van der Waals surface area contributed by atoms with E-state index in [0.717, 1.165) is 30.6 Å². The molecule has 1 N–H and O–H groups in total. The van der Waals surface area contributed by atoms with Gasteiger partial charge in [0.15, 0.2) is 25.0 Å². The lowest BCUT2D eigenvalue weighted by Crippen LogP contribution is -2.48. The summed E-state index contributed by atoms with van der Waals surface area (Å²) in [5.41, 5.74) is 0.575. The Labute approximate surface area is 298 Å². The fourth-order valence-electron chi connectivity index (χ4n) is 8.34. The normalized spacial score (nSPS) is 27.3. The SMILES string of the molecule is C[C@H](CCCC(C)(C)O[Si](C)(C)C)[C@H]1CC[C@H]2C(O)(c3cc(CO[Si](C)(C)C(C)(C)C)c(CO[Si](C)(C)C(C)(C)C)s3)CCC[C@]12C. The van der Waals surface area contributed by atoms with E-state index in [1.54, 1.807) is 0 Å². The number of hydrogen-bond donors (Lipinski definition) is 1. The van der Waals surface area contributed by atoms with Crippen LogP contribution in [-0.4, -0.2) is 35.7 Å². The van der Waals surface area contributed by atoms with E-state index in [1.165, 1.54) is 36.1 Å². The highest BCUT2D eigenvalue weighted by Gasteiger charge is 2.59. The van der Waals surface area contributed by atoms with Gasteiger partial charge in [0.25, 0.3) is 0 Å². The summed E-state index contributed by atoms with van der Waals surface area (Å²) in [6, 6.07) is 2.34. The number of rotatable bonds is 14. The van der Waals surface area contributed by atoms with Gasteiger partial charge >= 0.3 is 0 Å². The third-order valence-electron chi connectivity index (χ3n) is 13.1. The summed E-state index contributed by atoms with van der Waals surface area (Å²) in [7, 11) is -5.44. The molecule has 1 unspecified atom stereocenters. The molecule has 274 valence electrons. The Bertz CT molecular complexity index is 1140. The van der Waals surface area contributed by atoms with E-state index in [2.05, 4.69) is 121 Å². The first-order chi connectivity index (χ1) is 21.0. The predicted octanol–water partition coefficient (Wildman–Crippen LogP) is 12.6. The Morgan fingerprint density at radius 3 is 1.96 bits per heavy atom. The smallest absolute Gasteiger partial charge is 0.192 e. The van der Waals surface area contributed by atoms with Gasteiger partial charge in [-0.3, -0.25) is 0 Å². The van der Waals surface area contributed by atoms with Crippen molar-refractivity contribution in [2.45, 2.75) is 201 Å². The van der Waals surface area contributed by atoms with E-state index in [4.69, 9.17) is 13.3 Å². The van der Waals surface area contributed by atoms with Crippen LogP contribution in [0, 0.1) is 23.2 Å². The summed E-state index contributed by atoms with van der Waals surface area (Å²) >= 11 is 1.82. The Kier molecular flexibility index (Phi) is 12.7. The van der Waals surface area contributed by atoms with Crippen molar-refractivity contribution < 1.29 is 18.4 Å². The maximum atomic E-state index is 12.9. The minimum absolute atomic E-state index is 0.0470. The molecular weight excluding hydrogens is 649 g/mol. The summed E-state index contributed by atoms with van der Waals surface area (Å²) in [6.45, 7) is 40.9. The molecular formula is C39H76O4SSi3. The Morgan fingerprint density at radius 1 is 0.872 bits per heavy atom. The third-order valence-corrected chi connectivity index (χ3v) is 24.5. The molecule has 2 fully saturated rings. The molecule has 1 aromatic rings. The lowest BCUT2D eigenvalue weighted by molar-refractivity contribution is -0.113. The topological polar surface area (TPSA) is 47.9 Å². The Balaban J connectivity index is 1.86. The third kappa shape index (κ3) is 9.75. The van der Waals surface area contributed by atoms with Gasteiger partial charge in [-0.25, -0.2) is 0 Å². The molecule has 2 aliphatic rings. The first-order valence-electron chi connectivity index (χ1n) is 18.9. The van der Waals surface area contributed by atoms with Gasteiger partial charge in [0, 0.05) is 9.75 Å². The molecule has 0 saturated heterocycles. The molecule has 8 heteroatoms. The first kappa shape index (κ1) is 41.6. The van der Waals surface area contributed by atoms with Gasteiger partial charge in [0.2, 0.25) is 0 Å². The molecule has 0 radical (unpaired) electrons. The van der Waals surface area contributed by atoms with Gasteiger partial charge in [0.1, 0.15) is 5.60 Å². The van der Waals surface area contributed by atoms with Crippen LogP contribution >= 0.6 is 11.3 Å². The summed E-state index contributed by atoms with van der Waals surface area (Å²) in [5.74, 6) is 1.60. The van der Waals surface area contributed by atoms with Crippen molar-refractivity contribution in [1.82, 2.24) is 0 Å². The van der Waals surface area contributed by atoms with Crippen LogP contribution in [0.3, 0.4) is 0 Å². The highest BCUT2D eigenvalue weighted by atomic mass is 32.1. The van der Waals surface area contributed by atoms with E-state index in [9.17, 15) is 5.11 Å². The number of aliphatic hydroxyl groups is 1. The van der Waals surface area contributed by atoms with Crippen LogP contribution in [0.4, 0.5) is 0 Å². The first-order valence-corrected chi connectivity index (χ1v) is 28.9. The van der Waals surface area contributed by atoms with Crippen LogP contribution in [0.5, 0.6) is 0 Å². The second-order valence-electron chi connectivity index (χ2n) is 20.5. The van der Waals surface area contributed by atoms with Gasteiger partial charge in [-0.05, 0) is 143 Å². The largest absolute Gasteiger partial charge is 0.413 e. The molecule has 0 bridgehead atoms. The average Bonchev–Trinajstić information content (AvgIpc) is 3.45. The van der Waals surface area contributed by atoms with Crippen molar-refractivity contribution >= 4 is 36.3 Å². The zero-order valence-electron chi connectivity index (χ0n) is 34.0. The molecule has 1 aromatic heterocycles. The van der Waals surface area contributed by atoms with Crippen LogP contribution in [0.1, 0.15) is 136 Å². The molecule has 0 spiro atoms. The van der Waals surface area contributed by atoms with Crippen molar-refractivity contribution in [3.8, 4) is 0 Å². The predicted molar refractivity (Wildman–Crippen MR) is 212 cm³/mol. The zero-order valence-corrected chi connectivity index (χ0v) is 37.8. The fraction of sp³-hybridized carbons (Fsp3) is 0.897. The van der Waals surface area contributed by atoms with E-state index >= 15 is 0 Å². The van der Waals surface area contributed by atoms with Gasteiger partial charge in [0.05, 0.1) is 18.8 Å². The lowest BCUT2D eigenvalue weighted by atomic mass is 9.57. The molecule has 2 aliphatic carbocycles. The summed E-state index contributed by atoms with van der Waals surface area (Å²) in [4.78, 5) is 2.42. The second-order valence-corrected chi connectivity index (χ2v) is 35.7. The van der Waals surface area contributed by atoms with Crippen LogP contribution in [0.25, 0.3) is 0 Å². The monoisotopic (exact) mass is 724 g/mol. The van der Waals surface area contributed by atoms with Crippen molar-refractivity contribution in [3.63, 3.8) is 0 Å². The molecule has 4 nitrogen and oxygen atoms in total. The molecule has 1 heterocycles. The number of fused-ring (bicyclic) bond motifs is 1. The van der Waals surface area contributed by atoms with Gasteiger partial charge in [-0.2, -0.15) is 0 Å². The van der Waals surface area contributed by atoms with E-state index in [1.807, 2.05) is 11.3 Å². The van der Waals surface area contributed by atoms with Gasteiger partial charge < -0.3 is 18.4 Å². The molecule has 3 rings (SSSR count). The maximum Gasteiger partial charge on any atom is 0.192 e. The standard InChI is InChI=1S/C39H76O4SSi3/c1-29(20-18-23-37(8,9)43-45(11,12)13)31-21-22-33-38(31,10)24-19-25-39(33,40)34-26-30(27-41-46(14,15)35(2,3)4)32(44-34)28-42-47(16,17)36(5,6)7/h26,29,31,33,40H,18-25,27-28H2,1-17H3/t29-,31-,33-,38-,39?/m1/s1. The van der Waals surface area contributed by atoms with Crippen LogP contribution in [-0.2, 0) is 32.1 Å². The molecule has 0 amide bonds. The molecule has 0 aromatic carbocycles. The molecule has 5 atom stereocenters. The quantitative estimate of drug-likeness (QED) is 0.194. The zero-order chi connectivity index (χ0) is 36.1. The lowest BCUT2D eigenvalue weighted by Gasteiger charge is -2.50. The van der Waals surface area contributed by atoms with Gasteiger partial charge in [-0.15, -0.1) is 11.3 Å². The second kappa shape index (κ2) is 14.3. The minimum atomic E-state index is -1.94. The van der Waals surface area contributed by atoms with Crippen molar-refractivity contribution in [1.29, 1.82) is 0 Å². The van der Waals surface area contributed by atoms with Crippen molar-refractivity contribution in [2.24, 2.45) is 23.2 Å². The highest BCUT2D eigenvalue weighted by Crippen LogP contribution is 2.64. The maximum absolute atomic E-state index is 12.9. The van der Waals surface area contributed by atoms with E-state index in [0.29, 0.717) is 31.0 Å². The highest BCUT2D eigenvalue weighted by molar-refractivity contribution is 7.12. The van der Waals surface area contributed by atoms with Crippen molar-refractivity contribution in [3.05, 3.63) is 21.4 Å². The molecule has 47 heavy (non-hydrogen) atoms. The van der Waals surface area contributed by atoms with Gasteiger partial charge in [-0.1, -0.05) is 68.2 Å². The van der Waals surface area contributed by atoms with Crippen LogP contribution in [0.2, 0.25) is 55.9 Å². The molecule has 0 aliphatic heterocycles. The van der Waals surface area contributed by atoms with Crippen molar-refractivity contribution in [2.75, 3.05) is 0 Å². The average molecular weight is 725 g/mol.